The summed E-state index contributed by atoms with van der Waals surface area (Å²) in [6, 6.07) is 0.602. The highest BCUT2D eigenvalue weighted by molar-refractivity contribution is 4.99. The fraction of sp³-hybridized carbons (Fsp3) is 0.857. The van der Waals surface area contributed by atoms with Gasteiger partial charge in [0.1, 0.15) is 0 Å². The largest absolute Gasteiger partial charge is 0.309 e. The van der Waals surface area contributed by atoms with Gasteiger partial charge in [0.2, 0.25) is 0 Å². The lowest BCUT2D eigenvalue weighted by Crippen LogP contribution is -2.65. The Balaban J connectivity index is 2.79. The van der Waals surface area contributed by atoms with Crippen LogP contribution in [0.2, 0.25) is 0 Å². The second kappa shape index (κ2) is 4.89. The first kappa shape index (κ1) is 13.7. The quantitative estimate of drug-likeness (QED) is 0.741. The van der Waals surface area contributed by atoms with Gasteiger partial charge in [0, 0.05) is 31.2 Å². The zero-order chi connectivity index (χ0) is 12.4. The zero-order valence-corrected chi connectivity index (χ0v) is 11.6. The molecule has 1 aliphatic rings. The van der Waals surface area contributed by atoms with Crippen LogP contribution in [0.4, 0.5) is 0 Å². The van der Waals surface area contributed by atoms with E-state index < -0.39 is 0 Å². The Morgan fingerprint density at radius 2 is 2.12 bits per heavy atom. The minimum atomic E-state index is 0.269. The Labute approximate surface area is 101 Å². The first-order valence-electron chi connectivity index (χ1n) is 6.42. The maximum Gasteiger partial charge on any atom is 0.0278 e. The maximum atomic E-state index is 3.88. The van der Waals surface area contributed by atoms with Crippen molar-refractivity contribution in [3.05, 3.63) is 12.7 Å². The van der Waals surface area contributed by atoms with Crippen molar-refractivity contribution in [3.8, 4) is 0 Å². The van der Waals surface area contributed by atoms with Crippen molar-refractivity contribution in [3.63, 3.8) is 0 Å². The summed E-state index contributed by atoms with van der Waals surface area (Å²) < 4.78 is 0. The van der Waals surface area contributed by atoms with Crippen LogP contribution >= 0.6 is 0 Å². The number of rotatable bonds is 3. The van der Waals surface area contributed by atoms with E-state index in [0.717, 1.165) is 19.6 Å². The summed E-state index contributed by atoms with van der Waals surface area (Å²) in [6.07, 6.45) is 3.21. The highest BCUT2D eigenvalue weighted by atomic mass is 15.3. The third-order valence-electron chi connectivity index (χ3n) is 3.86. The number of nitrogens with zero attached hydrogens (tertiary/aromatic N) is 1. The lowest BCUT2D eigenvalue weighted by Gasteiger charge is -2.50. The summed E-state index contributed by atoms with van der Waals surface area (Å²) in [5.74, 6) is 0. The lowest BCUT2D eigenvalue weighted by molar-refractivity contribution is 0.0353. The molecule has 94 valence electrons. The molecule has 0 spiro atoms. The Hall–Kier alpha value is -0.340. The van der Waals surface area contributed by atoms with Gasteiger partial charge in [-0.2, -0.15) is 0 Å². The second-order valence-electron chi connectivity index (χ2n) is 6.40. The lowest BCUT2D eigenvalue weighted by atomic mass is 9.81. The van der Waals surface area contributed by atoms with Gasteiger partial charge >= 0.3 is 0 Å². The Morgan fingerprint density at radius 3 is 2.56 bits per heavy atom. The average Bonchev–Trinajstić information content (AvgIpc) is 2.16. The molecular formula is C14H28N2. The first-order chi connectivity index (χ1) is 7.32. The van der Waals surface area contributed by atoms with Crippen LogP contribution in [0.1, 0.15) is 41.0 Å². The van der Waals surface area contributed by atoms with Crippen LogP contribution in [0.5, 0.6) is 0 Å². The molecule has 0 aliphatic carbocycles. The van der Waals surface area contributed by atoms with Gasteiger partial charge in [0.15, 0.2) is 0 Å². The van der Waals surface area contributed by atoms with E-state index in [0.29, 0.717) is 11.5 Å². The van der Waals surface area contributed by atoms with Crippen LogP contribution in [-0.4, -0.2) is 36.1 Å². The van der Waals surface area contributed by atoms with Gasteiger partial charge in [-0.3, -0.25) is 4.90 Å². The van der Waals surface area contributed by atoms with Crippen molar-refractivity contribution in [2.24, 2.45) is 5.41 Å². The molecule has 0 saturated carbocycles. The van der Waals surface area contributed by atoms with Crippen molar-refractivity contribution in [1.29, 1.82) is 0 Å². The van der Waals surface area contributed by atoms with E-state index in [-0.39, 0.29) is 5.54 Å². The van der Waals surface area contributed by atoms with Crippen molar-refractivity contribution in [2.75, 3.05) is 19.6 Å². The van der Waals surface area contributed by atoms with Crippen molar-refractivity contribution < 1.29 is 0 Å². The van der Waals surface area contributed by atoms with E-state index in [9.17, 15) is 0 Å². The molecule has 2 nitrogen and oxygen atoms in total. The summed E-state index contributed by atoms with van der Waals surface area (Å²) >= 11 is 0. The fourth-order valence-electron chi connectivity index (χ4n) is 2.53. The number of nitrogens with one attached hydrogen (secondary N) is 1. The van der Waals surface area contributed by atoms with Crippen LogP contribution in [0.25, 0.3) is 0 Å². The van der Waals surface area contributed by atoms with Gasteiger partial charge in [-0.25, -0.2) is 0 Å². The molecule has 1 saturated heterocycles. The highest BCUT2D eigenvalue weighted by Crippen LogP contribution is 2.29. The molecule has 1 fully saturated rings. The molecule has 1 heterocycles. The molecule has 1 N–H and O–H groups in total. The summed E-state index contributed by atoms with van der Waals surface area (Å²) in [6.45, 7) is 18.6. The van der Waals surface area contributed by atoms with E-state index in [1.54, 1.807) is 0 Å². The molecule has 0 amide bonds. The highest BCUT2D eigenvalue weighted by Gasteiger charge is 2.38. The molecule has 16 heavy (non-hydrogen) atoms. The molecule has 0 radical (unpaired) electrons. The SMILES string of the molecule is C=CCN1CC(C)(CC)NCC1C(C)(C)C. The minimum Gasteiger partial charge on any atom is -0.309 e. The number of hydrogen-bond donors (Lipinski definition) is 1. The summed E-state index contributed by atoms with van der Waals surface area (Å²) in [5.41, 5.74) is 0.593. The number of piperazine rings is 1. The van der Waals surface area contributed by atoms with Crippen LogP contribution in [0.3, 0.4) is 0 Å². The van der Waals surface area contributed by atoms with Crippen LogP contribution < -0.4 is 5.32 Å². The van der Waals surface area contributed by atoms with Gasteiger partial charge in [0.05, 0.1) is 0 Å². The second-order valence-corrected chi connectivity index (χ2v) is 6.40. The minimum absolute atomic E-state index is 0.269. The predicted octanol–water partition coefficient (Wildman–Crippen LogP) is 2.66. The Kier molecular flexibility index (Phi) is 4.19. The average molecular weight is 224 g/mol. The summed E-state index contributed by atoms with van der Waals surface area (Å²) in [7, 11) is 0. The third kappa shape index (κ3) is 3.08. The monoisotopic (exact) mass is 224 g/mol. The van der Waals surface area contributed by atoms with E-state index in [1.807, 2.05) is 6.08 Å². The van der Waals surface area contributed by atoms with Crippen molar-refractivity contribution in [1.82, 2.24) is 10.2 Å². The summed E-state index contributed by atoms with van der Waals surface area (Å²) in [4.78, 5) is 2.58. The maximum absolute atomic E-state index is 3.88. The van der Waals surface area contributed by atoms with Crippen LogP contribution in [-0.2, 0) is 0 Å². The topological polar surface area (TPSA) is 15.3 Å². The van der Waals surface area contributed by atoms with Gasteiger partial charge in [-0.15, -0.1) is 6.58 Å². The molecular weight excluding hydrogens is 196 g/mol. The van der Waals surface area contributed by atoms with Crippen LogP contribution in [0, 0.1) is 5.41 Å². The molecule has 2 atom stereocenters. The van der Waals surface area contributed by atoms with Crippen molar-refractivity contribution >= 4 is 0 Å². The molecule has 1 rings (SSSR count). The van der Waals surface area contributed by atoms with Gasteiger partial charge in [0.25, 0.3) is 0 Å². The Morgan fingerprint density at radius 1 is 1.50 bits per heavy atom. The zero-order valence-electron chi connectivity index (χ0n) is 11.6. The van der Waals surface area contributed by atoms with E-state index in [2.05, 4.69) is 51.4 Å². The van der Waals surface area contributed by atoms with Gasteiger partial charge in [-0.05, 0) is 18.8 Å². The van der Waals surface area contributed by atoms with Gasteiger partial charge in [-0.1, -0.05) is 33.8 Å². The molecule has 2 heteroatoms. The van der Waals surface area contributed by atoms with E-state index in [4.69, 9.17) is 0 Å². The summed E-state index contributed by atoms with van der Waals surface area (Å²) in [5, 5.41) is 3.71. The van der Waals surface area contributed by atoms with E-state index >= 15 is 0 Å². The van der Waals surface area contributed by atoms with Crippen molar-refractivity contribution in [2.45, 2.75) is 52.6 Å². The van der Waals surface area contributed by atoms with Crippen LogP contribution in [0.15, 0.2) is 12.7 Å². The first-order valence-corrected chi connectivity index (χ1v) is 6.42. The molecule has 0 aromatic carbocycles. The smallest absolute Gasteiger partial charge is 0.0278 e. The number of hydrogen-bond acceptors (Lipinski definition) is 2. The predicted molar refractivity (Wildman–Crippen MR) is 71.7 cm³/mol. The Bertz CT molecular complexity index is 242. The molecule has 0 aromatic rings. The molecule has 1 aliphatic heterocycles. The van der Waals surface area contributed by atoms with Gasteiger partial charge < -0.3 is 5.32 Å². The normalized spacial score (nSPS) is 32.7. The molecule has 0 aromatic heterocycles. The fourth-order valence-corrected chi connectivity index (χ4v) is 2.53. The molecule has 2 unspecified atom stereocenters. The molecule has 0 bridgehead atoms. The van der Waals surface area contributed by atoms with E-state index in [1.165, 1.54) is 6.42 Å². The standard InChI is InChI=1S/C14H28N2/c1-7-9-16-11-14(6,8-2)15-10-12(16)13(3,4)5/h7,12,15H,1,8-11H2,2-6H3. The third-order valence-corrected chi connectivity index (χ3v) is 3.86.